The standard InChI is InChI=1S/C26H24N4O4/c1-29-24(31)10-11-30(26(29)34)17-19-7-5-6-18(12-19)13-23(25(32)33)28-22-14-21(15-27-16-22)20-8-3-2-4-9-20/h2-12,14-16,23,28H,13,17H2,1H3,(H,32,33). The van der Waals surface area contributed by atoms with Crippen LogP contribution in [0.5, 0.6) is 0 Å². The van der Waals surface area contributed by atoms with Crippen LogP contribution >= 0.6 is 0 Å². The molecule has 2 aromatic heterocycles. The van der Waals surface area contributed by atoms with E-state index < -0.39 is 17.7 Å². The SMILES string of the molecule is Cn1c(=O)ccn(Cc2cccc(CC(Nc3cncc(-c4ccccc4)c3)C(=O)O)c2)c1=O. The molecule has 0 saturated heterocycles. The van der Waals surface area contributed by atoms with Crippen LogP contribution in [0.4, 0.5) is 5.69 Å². The minimum absolute atomic E-state index is 0.237. The van der Waals surface area contributed by atoms with Crippen molar-refractivity contribution in [3.63, 3.8) is 0 Å². The second-order valence-corrected chi connectivity index (χ2v) is 8.01. The van der Waals surface area contributed by atoms with Gasteiger partial charge in [-0.05, 0) is 22.8 Å². The average Bonchev–Trinajstić information content (AvgIpc) is 2.85. The number of hydrogen-bond acceptors (Lipinski definition) is 5. The lowest BCUT2D eigenvalue weighted by Crippen LogP contribution is -2.37. The molecule has 34 heavy (non-hydrogen) atoms. The number of aliphatic carboxylic acids is 1. The molecule has 0 amide bonds. The molecule has 2 N–H and O–H groups in total. The number of carboxylic acids is 1. The van der Waals surface area contributed by atoms with Crippen LogP contribution in [0.25, 0.3) is 11.1 Å². The highest BCUT2D eigenvalue weighted by molar-refractivity contribution is 5.78. The summed E-state index contributed by atoms with van der Waals surface area (Å²) in [7, 11) is 1.43. The number of pyridine rings is 1. The Morgan fingerprint density at radius 1 is 0.971 bits per heavy atom. The zero-order valence-electron chi connectivity index (χ0n) is 18.6. The Kier molecular flexibility index (Phi) is 6.68. The highest BCUT2D eigenvalue weighted by atomic mass is 16.4. The first-order valence-corrected chi connectivity index (χ1v) is 10.7. The van der Waals surface area contributed by atoms with E-state index in [4.69, 9.17) is 0 Å². The van der Waals surface area contributed by atoms with Crippen molar-refractivity contribution in [3.8, 4) is 11.1 Å². The van der Waals surface area contributed by atoms with E-state index in [0.717, 1.165) is 26.8 Å². The lowest BCUT2D eigenvalue weighted by atomic mass is 10.0. The number of rotatable bonds is 8. The molecular formula is C26H24N4O4. The minimum Gasteiger partial charge on any atom is -0.480 e. The van der Waals surface area contributed by atoms with E-state index in [1.54, 1.807) is 12.4 Å². The van der Waals surface area contributed by atoms with Crippen LogP contribution in [0.15, 0.2) is 94.9 Å². The van der Waals surface area contributed by atoms with Crippen molar-refractivity contribution in [3.05, 3.63) is 117 Å². The van der Waals surface area contributed by atoms with Gasteiger partial charge in [-0.2, -0.15) is 0 Å². The molecule has 0 bridgehead atoms. The molecule has 0 spiro atoms. The van der Waals surface area contributed by atoms with Crippen molar-refractivity contribution < 1.29 is 9.90 Å². The molecular weight excluding hydrogens is 432 g/mol. The van der Waals surface area contributed by atoms with E-state index in [1.807, 2.05) is 60.7 Å². The maximum absolute atomic E-state index is 12.3. The van der Waals surface area contributed by atoms with Crippen LogP contribution in [0.2, 0.25) is 0 Å². The number of benzene rings is 2. The van der Waals surface area contributed by atoms with Gasteiger partial charge in [0.05, 0.1) is 12.2 Å². The summed E-state index contributed by atoms with van der Waals surface area (Å²) < 4.78 is 2.49. The molecule has 2 aromatic carbocycles. The van der Waals surface area contributed by atoms with Crippen molar-refractivity contribution >= 4 is 11.7 Å². The maximum Gasteiger partial charge on any atom is 0.331 e. The summed E-state index contributed by atoms with van der Waals surface area (Å²) >= 11 is 0. The van der Waals surface area contributed by atoms with Crippen molar-refractivity contribution in [1.29, 1.82) is 0 Å². The summed E-state index contributed by atoms with van der Waals surface area (Å²) in [5.41, 5.74) is 3.36. The molecule has 0 fully saturated rings. The summed E-state index contributed by atoms with van der Waals surface area (Å²) in [6, 6.07) is 19.5. The highest BCUT2D eigenvalue weighted by Gasteiger charge is 2.18. The number of aromatic nitrogens is 3. The molecule has 0 saturated carbocycles. The van der Waals surface area contributed by atoms with Gasteiger partial charge in [-0.1, -0.05) is 54.6 Å². The Hall–Kier alpha value is -4.46. The summed E-state index contributed by atoms with van der Waals surface area (Å²) in [5.74, 6) is -0.982. The predicted octanol–water partition coefficient (Wildman–Crippen LogP) is 2.77. The van der Waals surface area contributed by atoms with Crippen LogP contribution < -0.4 is 16.6 Å². The van der Waals surface area contributed by atoms with E-state index in [-0.39, 0.29) is 18.5 Å². The first-order valence-electron chi connectivity index (χ1n) is 10.7. The zero-order valence-corrected chi connectivity index (χ0v) is 18.6. The third-order valence-electron chi connectivity index (χ3n) is 5.53. The topological polar surface area (TPSA) is 106 Å². The van der Waals surface area contributed by atoms with Gasteiger partial charge in [0.15, 0.2) is 0 Å². The Balaban J connectivity index is 1.52. The molecule has 0 aliphatic carbocycles. The molecule has 172 valence electrons. The Labute approximate surface area is 195 Å². The first kappa shape index (κ1) is 22.7. The molecule has 4 aromatic rings. The van der Waals surface area contributed by atoms with Crippen molar-refractivity contribution in [2.75, 3.05) is 5.32 Å². The van der Waals surface area contributed by atoms with Gasteiger partial charge in [0.2, 0.25) is 0 Å². The normalized spacial score (nSPS) is 11.7. The maximum atomic E-state index is 12.3. The van der Waals surface area contributed by atoms with Crippen LogP contribution in [0, 0.1) is 0 Å². The summed E-state index contributed by atoms with van der Waals surface area (Å²) in [5, 5.41) is 12.9. The highest BCUT2D eigenvalue weighted by Crippen LogP contribution is 2.22. The number of nitrogens with one attached hydrogen (secondary N) is 1. The van der Waals surface area contributed by atoms with Crippen LogP contribution in [0.1, 0.15) is 11.1 Å². The lowest BCUT2D eigenvalue weighted by molar-refractivity contribution is -0.137. The smallest absolute Gasteiger partial charge is 0.331 e. The molecule has 2 heterocycles. The predicted molar refractivity (Wildman–Crippen MR) is 130 cm³/mol. The molecule has 4 rings (SSSR count). The van der Waals surface area contributed by atoms with Gasteiger partial charge in [0.1, 0.15) is 6.04 Å². The molecule has 0 radical (unpaired) electrons. The number of carboxylic acid groups (broad SMARTS) is 1. The van der Waals surface area contributed by atoms with Crippen LogP contribution in [-0.4, -0.2) is 31.2 Å². The molecule has 0 aliphatic heterocycles. The number of hydrogen-bond donors (Lipinski definition) is 2. The van der Waals surface area contributed by atoms with Gasteiger partial charge < -0.3 is 10.4 Å². The van der Waals surface area contributed by atoms with Crippen LogP contribution in [0.3, 0.4) is 0 Å². The lowest BCUT2D eigenvalue weighted by Gasteiger charge is -2.17. The van der Waals surface area contributed by atoms with Gasteiger partial charge >= 0.3 is 11.7 Å². The Morgan fingerprint density at radius 2 is 1.74 bits per heavy atom. The van der Waals surface area contributed by atoms with Gasteiger partial charge in [-0.25, -0.2) is 9.59 Å². The second kappa shape index (κ2) is 9.99. The summed E-state index contributed by atoms with van der Waals surface area (Å²) in [6.45, 7) is 0.273. The Bertz CT molecular complexity index is 1430. The third kappa shape index (κ3) is 5.29. The van der Waals surface area contributed by atoms with Gasteiger partial charge in [0, 0.05) is 43.7 Å². The van der Waals surface area contributed by atoms with Gasteiger partial charge in [-0.15, -0.1) is 0 Å². The van der Waals surface area contributed by atoms with Gasteiger partial charge in [-0.3, -0.25) is 18.9 Å². The fourth-order valence-electron chi connectivity index (χ4n) is 3.73. The van der Waals surface area contributed by atoms with Crippen molar-refractivity contribution in [1.82, 2.24) is 14.1 Å². The molecule has 8 heteroatoms. The number of anilines is 1. The van der Waals surface area contributed by atoms with E-state index in [0.29, 0.717) is 5.69 Å². The Morgan fingerprint density at radius 3 is 2.50 bits per heavy atom. The van der Waals surface area contributed by atoms with E-state index in [2.05, 4.69) is 10.3 Å². The average molecular weight is 457 g/mol. The van der Waals surface area contributed by atoms with Crippen LogP contribution in [-0.2, 0) is 24.8 Å². The second-order valence-electron chi connectivity index (χ2n) is 8.01. The largest absolute Gasteiger partial charge is 0.480 e. The minimum atomic E-state index is -0.982. The molecule has 1 unspecified atom stereocenters. The van der Waals surface area contributed by atoms with Crippen molar-refractivity contribution in [2.45, 2.75) is 19.0 Å². The zero-order chi connectivity index (χ0) is 24.1. The van der Waals surface area contributed by atoms with E-state index in [1.165, 1.54) is 23.9 Å². The fraction of sp³-hybridized carbons (Fsp3) is 0.154. The van der Waals surface area contributed by atoms with Crippen molar-refractivity contribution in [2.24, 2.45) is 7.05 Å². The van der Waals surface area contributed by atoms with E-state index >= 15 is 0 Å². The quantitative estimate of drug-likeness (QED) is 0.422. The number of nitrogens with zero attached hydrogens (tertiary/aromatic N) is 3. The molecule has 8 nitrogen and oxygen atoms in total. The monoisotopic (exact) mass is 456 g/mol. The van der Waals surface area contributed by atoms with E-state index in [9.17, 15) is 19.5 Å². The number of carbonyl (C=O) groups is 1. The molecule has 0 aliphatic rings. The first-order chi connectivity index (χ1) is 16.4. The van der Waals surface area contributed by atoms with Gasteiger partial charge in [0.25, 0.3) is 5.56 Å². The fourth-order valence-corrected chi connectivity index (χ4v) is 3.73. The third-order valence-corrected chi connectivity index (χ3v) is 5.53. The molecule has 1 atom stereocenters. The summed E-state index contributed by atoms with van der Waals surface area (Å²) in [6.07, 6.45) is 5.04. The summed E-state index contributed by atoms with van der Waals surface area (Å²) in [4.78, 5) is 40.2.